The zero-order chi connectivity index (χ0) is 20.3. The summed E-state index contributed by atoms with van der Waals surface area (Å²) in [6.45, 7) is 0.937. The van der Waals surface area contributed by atoms with Gasteiger partial charge in [0.15, 0.2) is 6.20 Å². The first kappa shape index (κ1) is 11.0. The minimum Gasteiger partial charge on any atom is -0.438 e. The summed E-state index contributed by atoms with van der Waals surface area (Å²) in [5.74, 6) is -1.68. The summed E-state index contributed by atoms with van der Waals surface area (Å²) in [6, 6.07) is 13.5. The maximum absolute atomic E-state index is 8.31. The number of nitrogens with zero attached hydrogens (tertiary/aromatic N) is 2. The van der Waals surface area contributed by atoms with Crippen molar-refractivity contribution in [1.29, 1.82) is 0 Å². The van der Waals surface area contributed by atoms with Crippen molar-refractivity contribution >= 4 is 22.1 Å². The summed E-state index contributed by atoms with van der Waals surface area (Å²) in [5.41, 5.74) is 4.49. The van der Waals surface area contributed by atoms with E-state index in [4.69, 9.17) is 9.90 Å². The summed E-state index contributed by atoms with van der Waals surface area (Å²) in [7, 11) is 1.85. The van der Waals surface area contributed by atoms with Crippen LogP contribution in [0, 0.1) is 6.92 Å². The summed E-state index contributed by atoms with van der Waals surface area (Å²) in [5, 5.41) is 1.94. The van der Waals surface area contributed by atoms with Gasteiger partial charge in [-0.15, -0.1) is 0 Å². The highest BCUT2D eigenvalue weighted by atomic mass is 16.3. The molecule has 0 aliphatic rings. The molecule has 3 heterocycles. The average molecular weight is 321 g/mol. The van der Waals surface area contributed by atoms with Crippen LogP contribution in [0.4, 0.5) is 0 Å². The number of aromatic nitrogens is 2. The van der Waals surface area contributed by atoms with Gasteiger partial charge in [-0.05, 0) is 31.0 Å². The van der Waals surface area contributed by atoms with Crippen molar-refractivity contribution in [3.63, 3.8) is 0 Å². The van der Waals surface area contributed by atoms with Crippen molar-refractivity contribution in [2.24, 2.45) is 7.05 Å². The van der Waals surface area contributed by atoms with E-state index in [1.165, 1.54) is 6.92 Å². The standard InChI is InChI=1S/C21H21N2O/c1-13(2)15-9-10-19(23(4)12-15)17-11-18-16-7-5-6-8-20(16)24-21(18)22-14(17)3/h5-13H,1-4H3/q+1/i1D3,13D. The molecule has 24 heavy (non-hydrogen) atoms. The number of benzene rings is 1. The monoisotopic (exact) mass is 321 g/mol. The summed E-state index contributed by atoms with van der Waals surface area (Å²) in [4.78, 5) is 4.63. The topological polar surface area (TPSA) is 29.9 Å². The second-order valence-corrected chi connectivity index (χ2v) is 6.11. The minimum absolute atomic E-state index is 0.444. The normalized spacial score (nSPS) is 17.1. The van der Waals surface area contributed by atoms with E-state index < -0.39 is 12.7 Å². The lowest BCUT2D eigenvalue weighted by atomic mass is 10.0. The first-order valence-corrected chi connectivity index (χ1v) is 7.89. The third-order valence-corrected chi connectivity index (χ3v) is 4.40. The Morgan fingerprint density at radius 3 is 2.83 bits per heavy atom. The van der Waals surface area contributed by atoms with Gasteiger partial charge in [-0.1, -0.05) is 32.0 Å². The molecular formula is C21H21N2O+. The molecule has 0 aliphatic carbocycles. The van der Waals surface area contributed by atoms with E-state index in [0.29, 0.717) is 11.3 Å². The highest BCUT2D eigenvalue weighted by molar-refractivity contribution is 6.04. The van der Waals surface area contributed by atoms with Gasteiger partial charge in [-0.2, -0.15) is 0 Å². The number of hydrogen-bond donors (Lipinski definition) is 0. The molecule has 1 unspecified atom stereocenters. The van der Waals surface area contributed by atoms with E-state index >= 15 is 0 Å². The van der Waals surface area contributed by atoms with Gasteiger partial charge in [0.1, 0.15) is 12.6 Å². The van der Waals surface area contributed by atoms with Crippen LogP contribution in [0.5, 0.6) is 0 Å². The lowest BCUT2D eigenvalue weighted by molar-refractivity contribution is -0.660. The molecule has 3 nitrogen and oxygen atoms in total. The van der Waals surface area contributed by atoms with Crippen LogP contribution in [-0.4, -0.2) is 4.98 Å². The van der Waals surface area contributed by atoms with E-state index in [1.807, 2.05) is 48.9 Å². The molecule has 0 fully saturated rings. The zero-order valence-electron chi connectivity index (χ0n) is 17.9. The Bertz CT molecular complexity index is 1210. The molecule has 1 atom stereocenters. The van der Waals surface area contributed by atoms with Gasteiger partial charge in [0, 0.05) is 27.9 Å². The van der Waals surface area contributed by atoms with Gasteiger partial charge in [0.2, 0.25) is 11.4 Å². The smallest absolute Gasteiger partial charge is 0.227 e. The Morgan fingerprint density at radius 2 is 2.04 bits per heavy atom. The molecule has 0 radical (unpaired) electrons. The fourth-order valence-corrected chi connectivity index (χ4v) is 3.10. The lowest BCUT2D eigenvalue weighted by Gasteiger charge is -2.07. The molecule has 0 aliphatic heterocycles. The molecule has 3 aromatic heterocycles. The molecule has 120 valence electrons. The van der Waals surface area contributed by atoms with Crippen molar-refractivity contribution < 1.29 is 14.5 Å². The summed E-state index contributed by atoms with van der Waals surface area (Å²) >= 11 is 0. The molecule has 0 bridgehead atoms. The second-order valence-electron chi connectivity index (χ2n) is 6.11. The first-order chi connectivity index (χ1) is 13.1. The zero-order valence-corrected chi connectivity index (χ0v) is 13.9. The molecule has 4 aromatic rings. The van der Waals surface area contributed by atoms with Crippen molar-refractivity contribution in [3.8, 4) is 11.3 Å². The predicted octanol–water partition coefficient (Wildman–Crippen LogP) is 4.90. The third-order valence-electron chi connectivity index (χ3n) is 4.40. The van der Waals surface area contributed by atoms with Gasteiger partial charge in [0.05, 0.1) is 11.3 Å². The number of hydrogen-bond acceptors (Lipinski definition) is 2. The molecule has 4 rings (SSSR count). The van der Waals surface area contributed by atoms with E-state index in [2.05, 4.69) is 11.1 Å². The van der Waals surface area contributed by atoms with Crippen LogP contribution in [0.3, 0.4) is 0 Å². The Morgan fingerprint density at radius 1 is 1.21 bits per heavy atom. The average Bonchev–Trinajstić information content (AvgIpc) is 2.97. The van der Waals surface area contributed by atoms with Crippen LogP contribution in [0.1, 0.15) is 36.4 Å². The van der Waals surface area contributed by atoms with E-state index in [1.54, 1.807) is 12.3 Å². The second kappa shape index (κ2) is 5.45. The van der Waals surface area contributed by atoms with E-state index in [0.717, 1.165) is 33.3 Å². The largest absolute Gasteiger partial charge is 0.438 e. The first-order valence-electron chi connectivity index (χ1n) is 9.89. The van der Waals surface area contributed by atoms with Gasteiger partial charge in [0.25, 0.3) is 0 Å². The molecule has 0 amide bonds. The fourth-order valence-electron chi connectivity index (χ4n) is 3.10. The summed E-state index contributed by atoms with van der Waals surface area (Å²) in [6.07, 6.45) is 1.71. The third kappa shape index (κ3) is 2.28. The highest BCUT2D eigenvalue weighted by Gasteiger charge is 2.18. The van der Waals surface area contributed by atoms with E-state index in [-0.39, 0.29) is 0 Å². The minimum atomic E-state index is -2.41. The van der Waals surface area contributed by atoms with Crippen molar-refractivity contribution in [3.05, 3.63) is 59.9 Å². The fraction of sp³-hybridized carbons (Fsp3) is 0.238. The number of rotatable bonds is 2. The van der Waals surface area contributed by atoms with Crippen molar-refractivity contribution in [2.75, 3.05) is 0 Å². The van der Waals surface area contributed by atoms with Gasteiger partial charge >= 0.3 is 0 Å². The maximum Gasteiger partial charge on any atom is 0.227 e. The van der Waals surface area contributed by atoms with Crippen LogP contribution in [-0.2, 0) is 7.05 Å². The van der Waals surface area contributed by atoms with Gasteiger partial charge in [-0.25, -0.2) is 9.55 Å². The Labute approximate surface area is 147 Å². The Balaban J connectivity index is 1.88. The van der Waals surface area contributed by atoms with E-state index in [9.17, 15) is 0 Å². The SMILES string of the molecule is [2H]C([2H])([2H])C([2H])(C)c1ccc(-c2cc3c(nc2C)oc2ccccc23)[n+](C)c1. The van der Waals surface area contributed by atoms with Crippen LogP contribution in [0.2, 0.25) is 0 Å². The van der Waals surface area contributed by atoms with Crippen LogP contribution < -0.4 is 4.57 Å². The lowest BCUT2D eigenvalue weighted by Crippen LogP contribution is -2.31. The number of para-hydroxylation sites is 1. The van der Waals surface area contributed by atoms with Crippen LogP contribution in [0.25, 0.3) is 33.3 Å². The number of fused-ring (bicyclic) bond motifs is 3. The van der Waals surface area contributed by atoms with Crippen LogP contribution >= 0.6 is 0 Å². The number of furan rings is 1. The predicted molar refractivity (Wildman–Crippen MR) is 97.0 cm³/mol. The molecule has 0 N–H and O–H groups in total. The number of aryl methyl sites for hydroxylation is 2. The van der Waals surface area contributed by atoms with Crippen molar-refractivity contribution in [2.45, 2.75) is 26.6 Å². The van der Waals surface area contributed by atoms with Crippen LogP contribution in [0.15, 0.2) is 53.1 Å². The molecule has 3 heteroatoms. The maximum atomic E-state index is 8.31. The highest BCUT2D eigenvalue weighted by Crippen LogP contribution is 2.31. The molecule has 1 aromatic carbocycles. The quantitative estimate of drug-likeness (QED) is 0.491. The number of pyridine rings is 2. The molecule has 0 spiro atoms. The molecular weight excluding hydrogens is 296 g/mol. The molecule has 0 saturated heterocycles. The molecule has 0 saturated carbocycles. The van der Waals surface area contributed by atoms with Gasteiger partial charge < -0.3 is 4.42 Å². The Hall–Kier alpha value is -2.68. The van der Waals surface area contributed by atoms with Crippen molar-refractivity contribution in [1.82, 2.24) is 4.98 Å². The summed E-state index contributed by atoms with van der Waals surface area (Å²) < 4.78 is 39.0. The Kier molecular flexibility index (Phi) is 2.49. The van der Waals surface area contributed by atoms with Gasteiger partial charge in [-0.3, -0.25) is 0 Å².